The first-order valence-corrected chi connectivity index (χ1v) is 5.66. The fraction of sp³-hybridized carbons (Fsp3) is 0.538. The third kappa shape index (κ3) is 1.27. The van der Waals surface area contributed by atoms with Crippen molar-refractivity contribution in [2.24, 2.45) is 5.41 Å². The van der Waals surface area contributed by atoms with E-state index >= 15 is 0 Å². The molecule has 1 N–H and O–H groups in total. The van der Waals surface area contributed by atoms with Crippen molar-refractivity contribution in [1.29, 1.82) is 0 Å². The number of piperidine rings is 1. The van der Waals surface area contributed by atoms with Gasteiger partial charge in [0.25, 0.3) is 0 Å². The van der Waals surface area contributed by atoms with Crippen LogP contribution in [0.4, 0.5) is 0 Å². The summed E-state index contributed by atoms with van der Waals surface area (Å²) in [6.45, 7) is 2.47. The van der Waals surface area contributed by atoms with Crippen LogP contribution in [0.1, 0.15) is 30.7 Å². The third-order valence-electron chi connectivity index (χ3n) is 3.90. The predicted octanol–water partition coefficient (Wildman–Crippen LogP) is 2.54. The largest absolute Gasteiger partial charge is 0.316 e. The lowest BCUT2D eigenvalue weighted by atomic mass is 9.91. The highest BCUT2D eigenvalue weighted by atomic mass is 14.9. The van der Waals surface area contributed by atoms with E-state index in [2.05, 4.69) is 35.6 Å². The van der Waals surface area contributed by atoms with Crippen LogP contribution >= 0.6 is 0 Å². The first-order valence-electron chi connectivity index (χ1n) is 5.66. The maximum absolute atomic E-state index is 3.54. The molecule has 2 aliphatic rings. The lowest BCUT2D eigenvalue weighted by molar-refractivity contribution is 0.347. The van der Waals surface area contributed by atoms with E-state index in [0.717, 1.165) is 5.92 Å². The number of nitrogens with one attached hydrogen (secondary N) is 1. The van der Waals surface area contributed by atoms with Gasteiger partial charge in [-0.15, -0.1) is 0 Å². The van der Waals surface area contributed by atoms with Gasteiger partial charge in [0.15, 0.2) is 0 Å². The Hall–Kier alpha value is -0.820. The first kappa shape index (κ1) is 8.49. The van der Waals surface area contributed by atoms with Crippen LogP contribution < -0.4 is 5.32 Å². The fourth-order valence-corrected chi connectivity index (χ4v) is 2.97. The average molecular weight is 187 g/mol. The zero-order chi connectivity index (χ0) is 9.43. The van der Waals surface area contributed by atoms with Crippen LogP contribution in [0.2, 0.25) is 0 Å². The molecule has 2 fully saturated rings. The highest BCUT2D eigenvalue weighted by Crippen LogP contribution is 2.62. The Morgan fingerprint density at radius 1 is 1.21 bits per heavy atom. The minimum Gasteiger partial charge on any atom is -0.316 e. The summed E-state index contributed by atoms with van der Waals surface area (Å²) in [7, 11) is 0. The molecule has 1 nitrogen and oxygen atoms in total. The Balaban J connectivity index is 1.78. The van der Waals surface area contributed by atoms with Crippen LogP contribution in [0.15, 0.2) is 30.3 Å². The van der Waals surface area contributed by atoms with Gasteiger partial charge in [-0.2, -0.15) is 0 Å². The molecular weight excluding hydrogens is 170 g/mol. The smallest absolute Gasteiger partial charge is 0.00139 e. The molecule has 1 saturated carbocycles. The summed E-state index contributed by atoms with van der Waals surface area (Å²) in [5.41, 5.74) is 2.19. The second-order valence-corrected chi connectivity index (χ2v) is 4.81. The summed E-state index contributed by atoms with van der Waals surface area (Å²) in [6, 6.07) is 11.0. The van der Waals surface area contributed by atoms with E-state index in [1.807, 2.05) is 0 Å². The Bertz CT molecular complexity index is 311. The summed E-state index contributed by atoms with van der Waals surface area (Å²) in [5, 5.41) is 3.54. The number of rotatable bonds is 1. The van der Waals surface area contributed by atoms with Gasteiger partial charge in [0.05, 0.1) is 0 Å². The van der Waals surface area contributed by atoms with E-state index in [9.17, 15) is 0 Å². The quantitative estimate of drug-likeness (QED) is 0.712. The fourth-order valence-electron chi connectivity index (χ4n) is 2.97. The minimum absolute atomic E-state index is 0.638. The molecule has 1 heteroatoms. The van der Waals surface area contributed by atoms with E-state index in [1.54, 1.807) is 5.56 Å². The van der Waals surface area contributed by atoms with Crippen LogP contribution in [-0.2, 0) is 0 Å². The first-order chi connectivity index (χ1) is 6.91. The molecule has 2 unspecified atom stereocenters. The predicted molar refractivity (Wildman–Crippen MR) is 58.3 cm³/mol. The van der Waals surface area contributed by atoms with Gasteiger partial charge in [0.2, 0.25) is 0 Å². The molecule has 0 radical (unpaired) electrons. The van der Waals surface area contributed by atoms with Gasteiger partial charge in [-0.1, -0.05) is 30.3 Å². The summed E-state index contributed by atoms with van der Waals surface area (Å²) in [6.07, 6.45) is 4.20. The van der Waals surface area contributed by atoms with Gasteiger partial charge < -0.3 is 5.32 Å². The van der Waals surface area contributed by atoms with Crippen molar-refractivity contribution in [1.82, 2.24) is 5.32 Å². The summed E-state index contributed by atoms with van der Waals surface area (Å²) >= 11 is 0. The Morgan fingerprint density at radius 2 is 2.07 bits per heavy atom. The van der Waals surface area contributed by atoms with Gasteiger partial charge in [0, 0.05) is 6.54 Å². The van der Waals surface area contributed by atoms with Crippen molar-refractivity contribution in [3.63, 3.8) is 0 Å². The topological polar surface area (TPSA) is 12.0 Å². The molecule has 1 aliphatic carbocycles. The zero-order valence-electron chi connectivity index (χ0n) is 8.50. The molecule has 1 heterocycles. The molecule has 0 aromatic heterocycles. The molecule has 1 aliphatic heterocycles. The second kappa shape index (κ2) is 3.09. The van der Waals surface area contributed by atoms with Crippen molar-refractivity contribution < 1.29 is 0 Å². The maximum Gasteiger partial charge on any atom is 0.00139 e. The molecule has 0 amide bonds. The van der Waals surface area contributed by atoms with Crippen molar-refractivity contribution in [3.8, 4) is 0 Å². The molecule has 74 valence electrons. The Kier molecular flexibility index (Phi) is 1.88. The third-order valence-corrected chi connectivity index (χ3v) is 3.90. The van der Waals surface area contributed by atoms with Gasteiger partial charge in [-0.3, -0.25) is 0 Å². The van der Waals surface area contributed by atoms with Crippen LogP contribution in [0.5, 0.6) is 0 Å². The zero-order valence-corrected chi connectivity index (χ0v) is 8.50. The lowest BCUT2D eigenvalue weighted by Crippen LogP contribution is -2.31. The minimum atomic E-state index is 0.638. The Labute approximate surface area is 85.5 Å². The van der Waals surface area contributed by atoms with Crippen LogP contribution in [0.25, 0.3) is 0 Å². The lowest BCUT2D eigenvalue weighted by Gasteiger charge is -2.23. The molecular formula is C13H17N. The molecule has 1 spiro atoms. The summed E-state index contributed by atoms with van der Waals surface area (Å²) < 4.78 is 0. The monoisotopic (exact) mass is 187 g/mol. The van der Waals surface area contributed by atoms with E-state index < -0.39 is 0 Å². The molecule has 1 aromatic rings. The second-order valence-electron chi connectivity index (χ2n) is 4.81. The average Bonchev–Trinajstić information content (AvgIpc) is 2.95. The van der Waals surface area contributed by atoms with Crippen LogP contribution in [0, 0.1) is 5.41 Å². The van der Waals surface area contributed by atoms with E-state index in [-0.39, 0.29) is 0 Å². The SMILES string of the molecule is c1ccc(C2CC23CCCNC3)cc1. The molecule has 14 heavy (non-hydrogen) atoms. The molecule has 1 saturated heterocycles. The summed E-state index contributed by atoms with van der Waals surface area (Å²) in [5.74, 6) is 0.844. The van der Waals surface area contributed by atoms with Gasteiger partial charge >= 0.3 is 0 Å². The van der Waals surface area contributed by atoms with Gasteiger partial charge in [-0.05, 0) is 42.7 Å². The van der Waals surface area contributed by atoms with Gasteiger partial charge in [0.1, 0.15) is 0 Å². The van der Waals surface area contributed by atoms with E-state index in [1.165, 1.54) is 32.4 Å². The van der Waals surface area contributed by atoms with Crippen molar-refractivity contribution in [3.05, 3.63) is 35.9 Å². The number of benzene rings is 1. The molecule has 2 atom stereocenters. The van der Waals surface area contributed by atoms with E-state index in [0.29, 0.717) is 5.41 Å². The molecule has 0 bridgehead atoms. The highest BCUT2D eigenvalue weighted by Gasteiger charge is 2.54. The van der Waals surface area contributed by atoms with E-state index in [4.69, 9.17) is 0 Å². The number of hydrogen-bond donors (Lipinski definition) is 1. The Morgan fingerprint density at radius 3 is 2.79 bits per heavy atom. The standard InChI is InChI=1S/C13H17N/c1-2-5-11(6-3-1)12-9-13(12)7-4-8-14-10-13/h1-3,5-6,12,14H,4,7-10H2. The van der Waals surface area contributed by atoms with Crippen molar-refractivity contribution >= 4 is 0 Å². The van der Waals surface area contributed by atoms with Crippen molar-refractivity contribution in [2.45, 2.75) is 25.2 Å². The summed E-state index contributed by atoms with van der Waals surface area (Å²) in [4.78, 5) is 0. The number of hydrogen-bond acceptors (Lipinski definition) is 1. The normalized spacial score (nSPS) is 35.9. The maximum atomic E-state index is 3.54. The van der Waals surface area contributed by atoms with Gasteiger partial charge in [-0.25, -0.2) is 0 Å². The van der Waals surface area contributed by atoms with Crippen LogP contribution in [-0.4, -0.2) is 13.1 Å². The highest BCUT2D eigenvalue weighted by molar-refractivity contribution is 5.30. The molecule has 3 rings (SSSR count). The van der Waals surface area contributed by atoms with Crippen molar-refractivity contribution in [2.75, 3.05) is 13.1 Å². The molecule has 1 aromatic carbocycles. The van der Waals surface area contributed by atoms with Crippen LogP contribution in [0.3, 0.4) is 0 Å².